The van der Waals surface area contributed by atoms with Crippen molar-refractivity contribution in [1.82, 2.24) is 25.1 Å². The Morgan fingerprint density at radius 1 is 1.29 bits per heavy atom. The average molecular weight is 479 g/mol. The molecule has 0 bridgehead atoms. The molecule has 0 unspecified atom stereocenters. The number of H-pyrrole nitrogens is 1. The Morgan fingerprint density at radius 3 is 2.86 bits per heavy atom. The van der Waals surface area contributed by atoms with Crippen LogP contribution in [0.1, 0.15) is 37.6 Å². The first-order valence-corrected chi connectivity index (χ1v) is 12.2. The molecule has 3 aliphatic heterocycles. The van der Waals surface area contributed by atoms with Crippen molar-refractivity contribution in [1.29, 1.82) is 0 Å². The van der Waals surface area contributed by atoms with Crippen LogP contribution in [0, 0.1) is 5.41 Å². The zero-order valence-electron chi connectivity index (χ0n) is 19.8. The lowest BCUT2D eigenvalue weighted by molar-refractivity contribution is -0.136. The summed E-state index contributed by atoms with van der Waals surface area (Å²) in [5.74, 6) is 0.669. The standard InChI is InChI=1S/C24H30N8O3/c1-14-21(25)24(13-35-14)6-9-31(10-7-24)18-12-26-20-22(28-18)29-30-23(20)32-8-2-3-16-17(32)5-4-15(27-16)11-19(33)34/h4-5,12,14,21H,2-3,6-11,13,25H2,1H3,(H,33,34)(H,28,29,30)/t14-,21+/m0/s1. The highest BCUT2D eigenvalue weighted by molar-refractivity contribution is 5.87. The highest BCUT2D eigenvalue weighted by Gasteiger charge is 2.47. The van der Waals surface area contributed by atoms with Crippen LogP contribution in [0.5, 0.6) is 0 Å². The van der Waals surface area contributed by atoms with Gasteiger partial charge in [0.1, 0.15) is 5.82 Å². The first kappa shape index (κ1) is 22.2. The molecule has 4 N–H and O–H groups in total. The predicted octanol–water partition coefficient (Wildman–Crippen LogP) is 1.79. The van der Waals surface area contributed by atoms with E-state index in [1.54, 1.807) is 6.07 Å². The van der Waals surface area contributed by atoms with Gasteiger partial charge < -0.3 is 25.4 Å². The number of piperidine rings is 1. The second-order valence-electron chi connectivity index (χ2n) is 9.96. The van der Waals surface area contributed by atoms with Gasteiger partial charge in [0.15, 0.2) is 17.0 Å². The number of nitrogens with two attached hydrogens (primary N) is 1. The molecular weight excluding hydrogens is 448 g/mol. The number of carbonyl (C=O) groups is 1. The lowest BCUT2D eigenvalue weighted by atomic mass is 9.73. The summed E-state index contributed by atoms with van der Waals surface area (Å²) in [5.41, 5.74) is 10.3. The summed E-state index contributed by atoms with van der Waals surface area (Å²) in [4.78, 5) is 29.6. The molecule has 3 aliphatic rings. The van der Waals surface area contributed by atoms with E-state index in [1.807, 2.05) is 12.3 Å². The van der Waals surface area contributed by atoms with E-state index < -0.39 is 5.97 Å². The van der Waals surface area contributed by atoms with E-state index in [0.29, 0.717) is 22.7 Å². The first-order valence-electron chi connectivity index (χ1n) is 12.2. The number of carboxylic acids is 1. The Hall–Kier alpha value is -3.31. The minimum atomic E-state index is -0.882. The van der Waals surface area contributed by atoms with Crippen LogP contribution in [0.3, 0.4) is 0 Å². The van der Waals surface area contributed by atoms with E-state index >= 15 is 0 Å². The van der Waals surface area contributed by atoms with Crippen molar-refractivity contribution in [2.24, 2.45) is 11.1 Å². The largest absolute Gasteiger partial charge is 0.481 e. The van der Waals surface area contributed by atoms with Crippen molar-refractivity contribution < 1.29 is 14.6 Å². The highest BCUT2D eigenvalue weighted by Crippen LogP contribution is 2.42. The van der Waals surface area contributed by atoms with Crippen LogP contribution in [0.25, 0.3) is 11.2 Å². The van der Waals surface area contributed by atoms with Crippen LogP contribution < -0.4 is 15.5 Å². The van der Waals surface area contributed by atoms with Crippen molar-refractivity contribution in [2.75, 3.05) is 36.0 Å². The molecule has 2 fully saturated rings. The number of ether oxygens (including phenoxy) is 1. The molecule has 0 aromatic carbocycles. The second-order valence-corrected chi connectivity index (χ2v) is 9.96. The molecule has 2 atom stereocenters. The second kappa shape index (κ2) is 8.42. The number of nitrogens with one attached hydrogen (secondary N) is 1. The van der Waals surface area contributed by atoms with E-state index in [2.05, 4.69) is 31.9 Å². The number of aryl methyl sites for hydroxylation is 1. The fourth-order valence-electron chi connectivity index (χ4n) is 5.74. The van der Waals surface area contributed by atoms with Crippen molar-refractivity contribution in [3.05, 3.63) is 29.7 Å². The third-order valence-electron chi connectivity index (χ3n) is 7.85. The number of hydrogen-bond donors (Lipinski definition) is 3. The van der Waals surface area contributed by atoms with Crippen molar-refractivity contribution >= 4 is 34.5 Å². The van der Waals surface area contributed by atoms with Gasteiger partial charge in [0.25, 0.3) is 0 Å². The summed E-state index contributed by atoms with van der Waals surface area (Å²) >= 11 is 0. The van der Waals surface area contributed by atoms with Crippen molar-refractivity contribution in [3.8, 4) is 0 Å². The summed E-state index contributed by atoms with van der Waals surface area (Å²) in [5, 5.41) is 16.7. The zero-order chi connectivity index (χ0) is 24.2. The number of pyridine rings is 1. The molecule has 184 valence electrons. The number of rotatable bonds is 4. The SMILES string of the molecule is C[C@@H]1OCC2(CCN(c3cnc4c(N5CCCc6nc(CC(=O)O)ccc65)n[nH]c4n3)CC2)[C@@H]1N. The molecule has 1 spiro atoms. The van der Waals surface area contributed by atoms with Gasteiger partial charge in [-0.25, -0.2) is 9.97 Å². The molecule has 3 aromatic heterocycles. The maximum atomic E-state index is 11.1. The van der Waals surface area contributed by atoms with Crippen molar-refractivity contribution in [3.63, 3.8) is 0 Å². The summed E-state index contributed by atoms with van der Waals surface area (Å²) in [6, 6.07) is 3.79. The number of aromatic nitrogens is 5. The topological polar surface area (TPSA) is 146 Å². The van der Waals surface area contributed by atoms with Crippen LogP contribution >= 0.6 is 0 Å². The number of hydrogen-bond acceptors (Lipinski definition) is 9. The van der Waals surface area contributed by atoms with Gasteiger partial charge in [-0.2, -0.15) is 5.10 Å². The van der Waals surface area contributed by atoms with Gasteiger partial charge in [0.2, 0.25) is 0 Å². The van der Waals surface area contributed by atoms with Gasteiger partial charge >= 0.3 is 5.97 Å². The molecular formula is C24H30N8O3. The maximum Gasteiger partial charge on any atom is 0.309 e. The third kappa shape index (κ3) is 3.79. The quantitative estimate of drug-likeness (QED) is 0.507. The lowest BCUT2D eigenvalue weighted by Gasteiger charge is -2.41. The first-order chi connectivity index (χ1) is 16.9. The molecule has 0 aliphatic carbocycles. The van der Waals surface area contributed by atoms with E-state index in [1.165, 1.54) is 0 Å². The summed E-state index contributed by atoms with van der Waals surface area (Å²) in [7, 11) is 0. The molecule has 0 amide bonds. The van der Waals surface area contributed by atoms with Crippen molar-refractivity contribution in [2.45, 2.75) is 51.2 Å². The summed E-state index contributed by atoms with van der Waals surface area (Å²) in [6.45, 7) is 5.32. The number of carboxylic acid groups (broad SMARTS) is 1. The lowest BCUT2D eigenvalue weighted by Crippen LogP contribution is -2.50. The van der Waals surface area contributed by atoms with Crippen LogP contribution in [-0.4, -0.2) is 74.6 Å². The molecule has 3 aromatic rings. The van der Waals surface area contributed by atoms with Gasteiger partial charge in [-0.1, -0.05) is 0 Å². The Morgan fingerprint density at radius 2 is 2.11 bits per heavy atom. The van der Waals surface area contributed by atoms with E-state index in [4.69, 9.17) is 25.5 Å². The van der Waals surface area contributed by atoms with Gasteiger partial charge in [-0.3, -0.25) is 14.9 Å². The van der Waals surface area contributed by atoms with Gasteiger partial charge in [0, 0.05) is 31.1 Å². The number of nitrogens with zero attached hydrogens (tertiary/aromatic N) is 6. The van der Waals surface area contributed by atoms with Crippen LogP contribution in [0.4, 0.5) is 17.3 Å². The van der Waals surface area contributed by atoms with Crippen LogP contribution in [-0.2, 0) is 22.4 Å². The molecule has 11 heteroatoms. The number of aliphatic carboxylic acids is 1. The van der Waals surface area contributed by atoms with E-state index in [-0.39, 0.29) is 24.0 Å². The Balaban J connectivity index is 1.23. The molecule has 35 heavy (non-hydrogen) atoms. The molecule has 0 saturated carbocycles. The molecule has 0 radical (unpaired) electrons. The van der Waals surface area contributed by atoms with Gasteiger partial charge in [-0.15, -0.1) is 0 Å². The van der Waals surface area contributed by atoms with E-state index in [9.17, 15) is 4.79 Å². The smallest absolute Gasteiger partial charge is 0.309 e. The number of fused-ring (bicyclic) bond motifs is 2. The Kier molecular flexibility index (Phi) is 5.33. The minimum Gasteiger partial charge on any atom is -0.481 e. The highest BCUT2D eigenvalue weighted by atomic mass is 16.5. The van der Waals surface area contributed by atoms with Crippen LogP contribution in [0.2, 0.25) is 0 Å². The Labute approximate surface area is 202 Å². The molecule has 11 nitrogen and oxygen atoms in total. The van der Waals surface area contributed by atoms with Crippen LogP contribution in [0.15, 0.2) is 18.3 Å². The summed E-state index contributed by atoms with van der Waals surface area (Å²) < 4.78 is 5.85. The average Bonchev–Trinajstić information content (AvgIpc) is 3.40. The fraction of sp³-hybridized carbons (Fsp3) is 0.542. The number of anilines is 3. The molecule has 2 saturated heterocycles. The fourth-order valence-corrected chi connectivity index (χ4v) is 5.74. The normalized spacial score (nSPS) is 23.7. The Bertz CT molecular complexity index is 1270. The monoisotopic (exact) mass is 478 g/mol. The minimum absolute atomic E-state index is 0.0641. The zero-order valence-corrected chi connectivity index (χ0v) is 19.8. The summed E-state index contributed by atoms with van der Waals surface area (Å²) in [6.07, 6.45) is 5.52. The molecule has 6 rings (SSSR count). The number of aromatic amines is 1. The third-order valence-corrected chi connectivity index (χ3v) is 7.85. The van der Waals surface area contributed by atoms with E-state index in [0.717, 1.165) is 69.1 Å². The molecule has 6 heterocycles. The predicted molar refractivity (Wildman–Crippen MR) is 130 cm³/mol. The maximum absolute atomic E-state index is 11.1. The van der Waals surface area contributed by atoms with Gasteiger partial charge in [-0.05, 0) is 44.7 Å². The van der Waals surface area contributed by atoms with Gasteiger partial charge in [0.05, 0.1) is 42.4 Å².